The van der Waals surface area contributed by atoms with Crippen LogP contribution < -0.4 is 4.90 Å². The summed E-state index contributed by atoms with van der Waals surface area (Å²) in [5.41, 5.74) is 1.06. The second-order valence-corrected chi connectivity index (χ2v) is 4.08. The second-order valence-electron chi connectivity index (χ2n) is 3.69. The Labute approximate surface area is 105 Å². The molecule has 0 atom stereocenters. The minimum absolute atomic E-state index is 0.409. The second kappa shape index (κ2) is 5.59. The molecule has 4 nitrogen and oxygen atoms in total. The molecule has 88 valence electrons. The van der Waals surface area contributed by atoms with Gasteiger partial charge < -0.3 is 4.90 Å². The molecule has 2 heterocycles. The van der Waals surface area contributed by atoms with E-state index in [0.717, 1.165) is 24.5 Å². The molecule has 0 N–H and O–H groups in total. The van der Waals surface area contributed by atoms with Crippen molar-refractivity contribution in [2.45, 2.75) is 6.42 Å². The van der Waals surface area contributed by atoms with Gasteiger partial charge in [-0.15, -0.1) is 0 Å². The Morgan fingerprint density at radius 2 is 2.18 bits per heavy atom. The van der Waals surface area contributed by atoms with E-state index in [2.05, 4.69) is 15.0 Å². The Bertz CT molecular complexity index is 475. The molecule has 0 saturated heterocycles. The summed E-state index contributed by atoms with van der Waals surface area (Å²) in [7, 11) is 1.96. The lowest BCUT2D eigenvalue weighted by Crippen LogP contribution is -2.21. The van der Waals surface area contributed by atoms with E-state index in [1.165, 1.54) is 6.20 Å². The molecule has 0 unspecified atom stereocenters. The number of likely N-dealkylation sites (N-methyl/N-ethyl adjacent to an activating group) is 1. The maximum Gasteiger partial charge on any atom is 0.149 e. The number of hydrogen-bond donors (Lipinski definition) is 0. The fraction of sp³-hybridized carbons (Fsp3) is 0.250. The third-order valence-corrected chi connectivity index (χ3v) is 2.60. The number of halogens is 1. The molecule has 0 amide bonds. The van der Waals surface area contributed by atoms with Crippen molar-refractivity contribution in [2.75, 3.05) is 18.5 Å². The van der Waals surface area contributed by atoms with E-state index in [0.29, 0.717) is 5.15 Å². The third kappa shape index (κ3) is 3.39. The maximum atomic E-state index is 5.79. The SMILES string of the molecule is CN(CCc1ccccn1)c1cncc(Cl)n1. The number of hydrogen-bond acceptors (Lipinski definition) is 4. The van der Waals surface area contributed by atoms with Crippen molar-refractivity contribution in [3.63, 3.8) is 0 Å². The zero-order chi connectivity index (χ0) is 12.1. The van der Waals surface area contributed by atoms with E-state index < -0.39 is 0 Å². The molecule has 2 aromatic heterocycles. The molecule has 0 bridgehead atoms. The average molecular weight is 249 g/mol. The minimum atomic E-state index is 0.409. The highest BCUT2D eigenvalue weighted by Crippen LogP contribution is 2.11. The first-order chi connectivity index (χ1) is 8.25. The van der Waals surface area contributed by atoms with Crippen molar-refractivity contribution in [3.8, 4) is 0 Å². The highest BCUT2D eigenvalue weighted by Gasteiger charge is 2.04. The van der Waals surface area contributed by atoms with Crippen molar-refractivity contribution < 1.29 is 0 Å². The number of pyridine rings is 1. The first-order valence-corrected chi connectivity index (χ1v) is 5.72. The van der Waals surface area contributed by atoms with Gasteiger partial charge in [-0.2, -0.15) is 0 Å². The van der Waals surface area contributed by atoms with Gasteiger partial charge in [0.2, 0.25) is 0 Å². The Morgan fingerprint density at radius 1 is 1.29 bits per heavy atom. The van der Waals surface area contributed by atoms with E-state index in [4.69, 9.17) is 11.6 Å². The molecule has 2 rings (SSSR count). The fourth-order valence-corrected chi connectivity index (χ4v) is 1.60. The summed E-state index contributed by atoms with van der Waals surface area (Å²) in [6.45, 7) is 0.825. The van der Waals surface area contributed by atoms with Crippen LogP contribution in [0, 0.1) is 0 Å². The van der Waals surface area contributed by atoms with Crippen LogP contribution in [0.15, 0.2) is 36.8 Å². The highest BCUT2D eigenvalue weighted by molar-refractivity contribution is 6.29. The summed E-state index contributed by atoms with van der Waals surface area (Å²) in [6.07, 6.45) is 5.89. The summed E-state index contributed by atoms with van der Waals surface area (Å²) >= 11 is 5.79. The van der Waals surface area contributed by atoms with Crippen LogP contribution in [0.5, 0.6) is 0 Å². The summed E-state index contributed by atoms with van der Waals surface area (Å²) in [4.78, 5) is 14.5. The molecular weight excluding hydrogens is 236 g/mol. The largest absolute Gasteiger partial charge is 0.358 e. The molecule has 0 fully saturated rings. The molecule has 0 spiro atoms. The summed E-state index contributed by atoms with van der Waals surface area (Å²) in [6, 6.07) is 5.91. The van der Waals surface area contributed by atoms with Gasteiger partial charge in [0.1, 0.15) is 11.0 Å². The van der Waals surface area contributed by atoms with Gasteiger partial charge in [-0.1, -0.05) is 17.7 Å². The Morgan fingerprint density at radius 3 is 2.88 bits per heavy atom. The number of anilines is 1. The van der Waals surface area contributed by atoms with Crippen LogP contribution in [0.4, 0.5) is 5.82 Å². The van der Waals surface area contributed by atoms with Gasteiger partial charge in [0.15, 0.2) is 0 Å². The normalized spacial score (nSPS) is 10.2. The van der Waals surface area contributed by atoms with Crippen molar-refractivity contribution in [1.82, 2.24) is 15.0 Å². The van der Waals surface area contributed by atoms with E-state index >= 15 is 0 Å². The average Bonchev–Trinajstić information content (AvgIpc) is 2.37. The molecule has 17 heavy (non-hydrogen) atoms. The van der Waals surface area contributed by atoms with Gasteiger partial charge in [0, 0.05) is 31.9 Å². The van der Waals surface area contributed by atoms with Crippen molar-refractivity contribution in [2.24, 2.45) is 0 Å². The fourth-order valence-electron chi connectivity index (χ4n) is 1.46. The van der Waals surface area contributed by atoms with Gasteiger partial charge >= 0.3 is 0 Å². The van der Waals surface area contributed by atoms with Crippen LogP contribution in [0.1, 0.15) is 5.69 Å². The van der Waals surface area contributed by atoms with Crippen LogP contribution in [0.3, 0.4) is 0 Å². The Hall–Kier alpha value is -1.68. The molecule has 2 aromatic rings. The van der Waals surface area contributed by atoms with Crippen LogP contribution >= 0.6 is 11.6 Å². The first kappa shape index (κ1) is 11.8. The van der Waals surface area contributed by atoms with Crippen molar-refractivity contribution in [3.05, 3.63) is 47.6 Å². The van der Waals surface area contributed by atoms with Crippen LogP contribution in [0.25, 0.3) is 0 Å². The summed E-state index contributed by atoms with van der Waals surface area (Å²) < 4.78 is 0. The van der Waals surface area contributed by atoms with Crippen molar-refractivity contribution >= 4 is 17.4 Å². The van der Waals surface area contributed by atoms with Gasteiger partial charge in [-0.3, -0.25) is 9.97 Å². The van der Waals surface area contributed by atoms with E-state index in [9.17, 15) is 0 Å². The molecule has 5 heteroatoms. The zero-order valence-corrected chi connectivity index (χ0v) is 10.3. The molecule has 0 aliphatic rings. The molecule has 0 aliphatic carbocycles. The van der Waals surface area contributed by atoms with Gasteiger partial charge in [0.05, 0.1) is 12.4 Å². The zero-order valence-electron chi connectivity index (χ0n) is 9.55. The summed E-state index contributed by atoms with van der Waals surface area (Å²) in [5, 5.41) is 0.409. The van der Waals surface area contributed by atoms with Gasteiger partial charge in [0.25, 0.3) is 0 Å². The Balaban J connectivity index is 1.96. The van der Waals surface area contributed by atoms with E-state index in [-0.39, 0.29) is 0 Å². The lowest BCUT2D eigenvalue weighted by molar-refractivity contribution is 0.835. The lowest BCUT2D eigenvalue weighted by atomic mass is 10.2. The first-order valence-electron chi connectivity index (χ1n) is 5.34. The number of rotatable bonds is 4. The molecule has 0 aromatic carbocycles. The van der Waals surface area contributed by atoms with E-state index in [1.54, 1.807) is 12.4 Å². The monoisotopic (exact) mass is 248 g/mol. The topological polar surface area (TPSA) is 41.9 Å². The standard InChI is InChI=1S/C12H13ClN4/c1-17(12-9-14-8-11(13)16-12)7-5-10-4-2-3-6-15-10/h2-4,6,8-9H,5,7H2,1H3. The molecule has 0 aliphatic heterocycles. The highest BCUT2D eigenvalue weighted by atomic mass is 35.5. The summed E-state index contributed by atoms with van der Waals surface area (Å²) in [5.74, 6) is 0.772. The number of aromatic nitrogens is 3. The Kier molecular flexibility index (Phi) is 3.88. The quantitative estimate of drug-likeness (QED) is 0.832. The predicted molar refractivity (Wildman–Crippen MR) is 68.3 cm³/mol. The van der Waals surface area contributed by atoms with Crippen LogP contribution in [-0.4, -0.2) is 28.5 Å². The maximum absolute atomic E-state index is 5.79. The molecule has 0 saturated carbocycles. The minimum Gasteiger partial charge on any atom is -0.358 e. The molecular formula is C12H13ClN4. The smallest absolute Gasteiger partial charge is 0.149 e. The third-order valence-electron chi connectivity index (χ3n) is 2.41. The van der Waals surface area contributed by atoms with E-state index in [1.807, 2.05) is 30.1 Å². The molecule has 0 radical (unpaired) electrons. The van der Waals surface area contributed by atoms with Crippen LogP contribution in [-0.2, 0) is 6.42 Å². The predicted octanol–water partition coefficient (Wildman–Crippen LogP) is 2.20. The lowest BCUT2D eigenvalue weighted by Gasteiger charge is -2.17. The van der Waals surface area contributed by atoms with Crippen LogP contribution in [0.2, 0.25) is 5.15 Å². The number of nitrogens with zero attached hydrogens (tertiary/aromatic N) is 4. The van der Waals surface area contributed by atoms with Gasteiger partial charge in [-0.25, -0.2) is 4.98 Å². The van der Waals surface area contributed by atoms with Crippen molar-refractivity contribution in [1.29, 1.82) is 0 Å². The van der Waals surface area contributed by atoms with Gasteiger partial charge in [-0.05, 0) is 12.1 Å².